The van der Waals surface area contributed by atoms with Crippen LogP contribution in [0.2, 0.25) is 0 Å². The average Bonchev–Trinajstić information content (AvgIpc) is 3.50. The van der Waals surface area contributed by atoms with Crippen LogP contribution in [0.3, 0.4) is 0 Å². The molecule has 0 unspecified atom stereocenters. The molecule has 0 radical (unpaired) electrons. The minimum Gasteiger partial charge on any atom is -0.465 e. The number of benzene rings is 1. The molecule has 0 saturated carbocycles. The van der Waals surface area contributed by atoms with Crippen LogP contribution in [0.1, 0.15) is 78.5 Å². The number of amides is 2. The van der Waals surface area contributed by atoms with E-state index in [0.29, 0.717) is 36.8 Å². The van der Waals surface area contributed by atoms with Gasteiger partial charge >= 0.3 is 0 Å². The van der Waals surface area contributed by atoms with E-state index < -0.39 is 0 Å². The fourth-order valence-electron chi connectivity index (χ4n) is 5.09. The van der Waals surface area contributed by atoms with Crippen molar-refractivity contribution < 1.29 is 28.1 Å². The molecule has 1 aromatic rings. The summed E-state index contributed by atoms with van der Waals surface area (Å²) in [7, 11) is 8.98. The van der Waals surface area contributed by atoms with Crippen LogP contribution in [0.25, 0.3) is 0 Å². The molecule has 0 spiro atoms. The van der Waals surface area contributed by atoms with E-state index in [4.69, 9.17) is 9.57 Å². The molecule has 0 bridgehead atoms. The number of rotatable bonds is 16. The summed E-state index contributed by atoms with van der Waals surface area (Å²) < 4.78 is 7.30. The number of imide groups is 1. The SMILES string of the molecule is C[N+](C)(CC#CCOC1=NOCC1)CCCCCCCCC[N+](C)(C)CCCN1C(=O)c2ccccc2C1=O. The van der Waals surface area contributed by atoms with Crippen molar-refractivity contribution in [3.63, 3.8) is 0 Å². The molecule has 2 aliphatic rings. The van der Waals surface area contributed by atoms with Crippen LogP contribution in [0.4, 0.5) is 0 Å². The number of hydrogen-bond acceptors (Lipinski definition) is 5. The van der Waals surface area contributed by atoms with E-state index in [1.165, 1.54) is 49.8 Å². The van der Waals surface area contributed by atoms with Crippen molar-refractivity contribution in [2.45, 2.75) is 57.8 Å². The van der Waals surface area contributed by atoms with Crippen molar-refractivity contribution >= 4 is 17.7 Å². The second-order valence-electron chi connectivity index (χ2n) is 12.0. The number of carbonyl (C=O) groups excluding carboxylic acids is 2. The molecule has 8 nitrogen and oxygen atoms in total. The highest BCUT2D eigenvalue weighted by Gasteiger charge is 2.34. The first kappa shape index (κ1) is 30.6. The molecular formula is C31H48N4O4+2. The van der Waals surface area contributed by atoms with Crippen LogP contribution in [0.15, 0.2) is 29.4 Å². The summed E-state index contributed by atoms with van der Waals surface area (Å²) in [5.74, 6) is 6.68. The normalized spacial score (nSPS) is 15.1. The molecule has 0 aromatic heterocycles. The third-order valence-corrected chi connectivity index (χ3v) is 7.57. The quantitative estimate of drug-likeness (QED) is 0.136. The number of quaternary nitrogens is 2. The van der Waals surface area contributed by atoms with Gasteiger partial charge in [-0.15, -0.1) is 0 Å². The van der Waals surface area contributed by atoms with Gasteiger partial charge in [-0.25, -0.2) is 0 Å². The molecule has 3 rings (SSSR count). The monoisotopic (exact) mass is 540 g/mol. The Morgan fingerprint density at radius 2 is 1.38 bits per heavy atom. The van der Waals surface area contributed by atoms with Crippen LogP contribution in [-0.4, -0.2) is 106 Å². The number of nitrogens with zero attached hydrogens (tertiary/aromatic N) is 4. The van der Waals surface area contributed by atoms with Gasteiger partial charge in [0.05, 0.1) is 65.4 Å². The van der Waals surface area contributed by atoms with E-state index >= 15 is 0 Å². The first-order valence-corrected chi connectivity index (χ1v) is 14.6. The third kappa shape index (κ3) is 10.3. The Bertz CT molecular complexity index is 1020. The van der Waals surface area contributed by atoms with E-state index in [1.807, 2.05) is 12.1 Å². The number of hydrogen-bond donors (Lipinski definition) is 0. The summed E-state index contributed by atoms with van der Waals surface area (Å²) in [5.41, 5.74) is 1.08. The van der Waals surface area contributed by atoms with Gasteiger partial charge in [0, 0.05) is 13.0 Å². The lowest BCUT2D eigenvalue weighted by atomic mass is 10.1. The van der Waals surface area contributed by atoms with E-state index in [2.05, 4.69) is 45.2 Å². The number of oxime groups is 1. The Labute approximate surface area is 235 Å². The summed E-state index contributed by atoms with van der Waals surface area (Å²) in [5, 5.41) is 3.81. The zero-order valence-electron chi connectivity index (χ0n) is 24.5. The number of fused-ring (bicyclic) bond motifs is 1. The van der Waals surface area contributed by atoms with Crippen LogP contribution in [0.5, 0.6) is 0 Å². The van der Waals surface area contributed by atoms with Gasteiger partial charge in [0.15, 0.2) is 6.61 Å². The Kier molecular flexibility index (Phi) is 11.8. The number of unbranched alkanes of at least 4 members (excludes halogenated alkanes) is 6. The second kappa shape index (κ2) is 15.0. The van der Waals surface area contributed by atoms with Crippen molar-refractivity contribution in [2.24, 2.45) is 5.16 Å². The van der Waals surface area contributed by atoms with Gasteiger partial charge in [0.1, 0.15) is 13.2 Å². The molecule has 1 aromatic carbocycles. The maximum absolute atomic E-state index is 12.5. The summed E-state index contributed by atoms with van der Waals surface area (Å²) >= 11 is 0. The van der Waals surface area contributed by atoms with E-state index in [-0.39, 0.29) is 11.8 Å². The lowest BCUT2D eigenvalue weighted by Crippen LogP contribution is -2.43. The molecule has 0 N–H and O–H groups in total. The highest BCUT2D eigenvalue weighted by atomic mass is 16.7. The summed E-state index contributed by atoms with van der Waals surface area (Å²) in [4.78, 5) is 31.4. The lowest BCUT2D eigenvalue weighted by molar-refractivity contribution is -0.890. The van der Waals surface area contributed by atoms with Gasteiger partial charge in [0.25, 0.3) is 11.8 Å². The average molecular weight is 541 g/mol. The van der Waals surface area contributed by atoms with Crippen molar-refractivity contribution in [1.82, 2.24) is 4.90 Å². The Hall–Kier alpha value is -2.89. The van der Waals surface area contributed by atoms with E-state index in [9.17, 15) is 9.59 Å². The maximum Gasteiger partial charge on any atom is 0.261 e. The van der Waals surface area contributed by atoms with Crippen LogP contribution >= 0.6 is 0 Å². The summed E-state index contributed by atoms with van der Waals surface area (Å²) in [6.07, 6.45) is 10.4. The van der Waals surface area contributed by atoms with Gasteiger partial charge in [-0.2, -0.15) is 0 Å². The molecule has 39 heavy (non-hydrogen) atoms. The molecule has 2 heterocycles. The van der Waals surface area contributed by atoms with E-state index in [0.717, 1.165) is 48.0 Å². The first-order valence-electron chi connectivity index (χ1n) is 14.6. The lowest BCUT2D eigenvalue weighted by Gasteiger charge is -2.30. The smallest absolute Gasteiger partial charge is 0.261 e. The van der Waals surface area contributed by atoms with Crippen LogP contribution in [0, 0.1) is 11.8 Å². The molecule has 0 aliphatic carbocycles. The predicted octanol–water partition coefficient (Wildman–Crippen LogP) is 4.31. The predicted molar refractivity (Wildman–Crippen MR) is 154 cm³/mol. The van der Waals surface area contributed by atoms with Crippen molar-refractivity contribution in [1.29, 1.82) is 0 Å². The molecule has 2 amide bonds. The largest absolute Gasteiger partial charge is 0.465 e. The fourth-order valence-corrected chi connectivity index (χ4v) is 5.09. The molecule has 2 aliphatic heterocycles. The minimum atomic E-state index is -0.149. The molecule has 214 valence electrons. The molecular weight excluding hydrogens is 492 g/mol. The standard InChI is InChI=1S/C31H48N4O4/c1-34(2,23-14-15-25-38-29-19-26-39-32-29)21-12-8-6-5-7-9-13-22-35(3,4)24-16-20-33-30(36)27-17-10-11-18-28(27)31(33)37/h10-11,17-18H,5-9,12-13,16,19-26H2,1-4H3/q+2. The third-order valence-electron chi connectivity index (χ3n) is 7.57. The topological polar surface area (TPSA) is 68.2 Å². The van der Waals surface area contributed by atoms with Crippen molar-refractivity contribution in [2.75, 3.05) is 74.1 Å². The van der Waals surface area contributed by atoms with Crippen molar-refractivity contribution in [3.05, 3.63) is 35.4 Å². The Morgan fingerprint density at radius 3 is 1.97 bits per heavy atom. The molecule has 0 saturated heterocycles. The fraction of sp³-hybridized carbons (Fsp3) is 0.645. The highest BCUT2D eigenvalue weighted by Crippen LogP contribution is 2.22. The number of ether oxygens (including phenoxy) is 1. The van der Waals surface area contributed by atoms with Crippen LogP contribution < -0.4 is 0 Å². The number of carbonyl (C=O) groups is 2. The maximum atomic E-state index is 12.5. The van der Waals surface area contributed by atoms with Gasteiger partial charge in [-0.3, -0.25) is 14.5 Å². The molecule has 8 heteroatoms. The van der Waals surface area contributed by atoms with Gasteiger partial charge < -0.3 is 18.5 Å². The first-order chi connectivity index (χ1) is 18.7. The highest BCUT2D eigenvalue weighted by molar-refractivity contribution is 6.21. The van der Waals surface area contributed by atoms with Gasteiger partial charge in [-0.05, 0) is 43.7 Å². The molecule has 0 fully saturated rings. The van der Waals surface area contributed by atoms with Gasteiger partial charge in [0.2, 0.25) is 5.90 Å². The zero-order valence-corrected chi connectivity index (χ0v) is 24.5. The molecule has 0 atom stereocenters. The van der Waals surface area contributed by atoms with Crippen LogP contribution in [-0.2, 0) is 9.57 Å². The van der Waals surface area contributed by atoms with Crippen molar-refractivity contribution in [3.8, 4) is 11.8 Å². The van der Waals surface area contributed by atoms with Gasteiger partial charge in [-0.1, -0.05) is 42.5 Å². The Balaban J connectivity index is 1.17. The summed E-state index contributed by atoms with van der Waals surface area (Å²) in [6, 6.07) is 7.12. The second-order valence-corrected chi connectivity index (χ2v) is 12.0. The Morgan fingerprint density at radius 1 is 0.821 bits per heavy atom. The minimum absolute atomic E-state index is 0.149. The van der Waals surface area contributed by atoms with E-state index in [1.54, 1.807) is 12.1 Å². The zero-order chi connectivity index (χ0) is 28.1. The summed E-state index contributed by atoms with van der Waals surface area (Å²) in [6.45, 7) is 5.55.